The van der Waals surface area contributed by atoms with Crippen molar-refractivity contribution < 1.29 is 4.42 Å². The van der Waals surface area contributed by atoms with Crippen molar-refractivity contribution in [2.75, 3.05) is 0 Å². The fourth-order valence-corrected chi connectivity index (χ4v) is 3.80. The maximum atomic E-state index is 6.20. The van der Waals surface area contributed by atoms with Gasteiger partial charge in [0.15, 0.2) is 0 Å². The first-order valence-corrected chi connectivity index (χ1v) is 9.34. The Labute approximate surface area is 156 Å². The zero-order chi connectivity index (χ0) is 18.5. The summed E-state index contributed by atoms with van der Waals surface area (Å²) in [6.07, 6.45) is 3.27. The minimum absolute atomic E-state index is 0.0344. The molecule has 0 fully saturated rings. The van der Waals surface area contributed by atoms with E-state index in [1.807, 2.05) is 0 Å². The minimum atomic E-state index is 0.0344. The van der Waals surface area contributed by atoms with Gasteiger partial charge in [-0.3, -0.25) is 0 Å². The van der Waals surface area contributed by atoms with E-state index in [0.29, 0.717) is 0 Å². The van der Waals surface area contributed by atoms with Gasteiger partial charge in [-0.05, 0) is 71.0 Å². The molecule has 0 amide bonds. The second-order valence-corrected chi connectivity index (χ2v) is 8.39. The van der Waals surface area contributed by atoms with Gasteiger partial charge < -0.3 is 4.42 Å². The predicted molar refractivity (Wildman–Crippen MR) is 110 cm³/mol. The van der Waals surface area contributed by atoms with Crippen LogP contribution in [0.4, 0.5) is 0 Å². The summed E-state index contributed by atoms with van der Waals surface area (Å²) in [4.78, 5) is 0. The van der Waals surface area contributed by atoms with E-state index in [0.717, 1.165) is 17.9 Å². The van der Waals surface area contributed by atoms with Crippen molar-refractivity contribution >= 4 is 11.6 Å². The van der Waals surface area contributed by atoms with Crippen molar-refractivity contribution in [3.8, 4) is 11.1 Å². The number of hydrogen-bond acceptors (Lipinski definition) is 1. The molecule has 1 heteroatoms. The van der Waals surface area contributed by atoms with E-state index in [4.69, 9.17) is 4.42 Å². The summed E-state index contributed by atoms with van der Waals surface area (Å²) in [5, 5.41) is 0. The van der Waals surface area contributed by atoms with Gasteiger partial charge in [0.05, 0.1) is 0 Å². The van der Waals surface area contributed by atoms with Crippen molar-refractivity contribution in [1.82, 2.24) is 0 Å². The Kier molecular flexibility index (Phi) is 3.91. The highest BCUT2D eigenvalue weighted by Crippen LogP contribution is 2.41. The molecular weight excluding hydrogens is 316 g/mol. The Balaban J connectivity index is 1.83. The van der Waals surface area contributed by atoms with Crippen molar-refractivity contribution in [2.24, 2.45) is 0 Å². The first-order chi connectivity index (χ1) is 12.3. The van der Waals surface area contributed by atoms with Crippen molar-refractivity contribution in [3.63, 3.8) is 0 Å². The van der Waals surface area contributed by atoms with Gasteiger partial charge in [0, 0.05) is 11.8 Å². The van der Waals surface area contributed by atoms with Gasteiger partial charge in [0.1, 0.15) is 11.5 Å². The number of benzene rings is 2. The van der Waals surface area contributed by atoms with Crippen LogP contribution in [0.2, 0.25) is 0 Å². The van der Waals surface area contributed by atoms with Crippen molar-refractivity contribution in [1.29, 1.82) is 0 Å². The number of hydrogen-bond donors (Lipinski definition) is 0. The Bertz CT molecular complexity index is 995. The van der Waals surface area contributed by atoms with Crippen LogP contribution in [-0.2, 0) is 11.8 Å². The fraction of sp³-hybridized carbons (Fsp3) is 0.280. The van der Waals surface area contributed by atoms with Crippen LogP contribution in [0.5, 0.6) is 0 Å². The molecule has 3 aromatic rings. The first kappa shape index (κ1) is 16.9. The highest BCUT2D eigenvalue weighted by molar-refractivity contribution is 5.94. The number of aryl methyl sites for hydroxylation is 1. The van der Waals surface area contributed by atoms with Gasteiger partial charge in [-0.25, -0.2) is 0 Å². The van der Waals surface area contributed by atoms with Gasteiger partial charge in [0.25, 0.3) is 0 Å². The van der Waals surface area contributed by atoms with Gasteiger partial charge in [-0.15, -0.1) is 0 Å². The fourth-order valence-electron chi connectivity index (χ4n) is 3.80. The Morgan fingerprint density at radius 3 is 2.31 bits per heavy atom. The summed E-state index contributed by atoms with van der Waals surface area (Å²) in [6, 6.07) is 17.3. The van der Waals surface area contributed by atoms with E-state index in [-0.39, 0.29) is 5.41 Å². The molecule has 0 spiro atoms. The molecule has 1 aliphatic rings. The van der Waals surface area contributed by atoms with Crippen LogP contribution in [0.3, 0.4) is 0 Å². The van der Waals surface area contributed by atoms with E-state index in [9.17, 15) is 0 Å². The summed E-state index contributed by atoms with van der Waals surface area (Å²) < 4.78 is 6.20. The third-order valence-corrected chi connectivity index (χ3v) is 5.40. The van der Waals surface area contributed by atoms with Gasteiger partial charge in [-0.1, -0.05) is 57.2 Å². The molecule has 132 valence electrons. The molecule has 0 saturated carbocycles. The molecule has 0 radical (unpaired) electrons. The van der Waals surface area contributed by atoms with Crippen LogP contribution in [0.25, 0.3) is 22.8 Å². The van der Waals surface area contributed by atoms with Gasteiger partial charge in [0.2, 0.25) is 0 Å². The van der Waals surface area contributed by atoms with Crippen LogP contribution in [0.15, 0.2) is 52.9 Å². The topological polar surface area (TPSA) is 13.1 Å². The molecule has 1 aliphatic carbocycles. The maximum Gasteiger partial charge on any atom is 0.130 e. The molecule has 0 aliphatic heterocycles. The summed E-state index contributed by atoms with van der Waals surface area (Å²) in [6.45, 7) is 11.0. The summed E-state index contributed by atoms with van der Waals surface area (Å²) >= 11 is 0. The van der Waals surface area contributed by atoms with E-state index in [2.05, 4.69) is 89.2 Å². The monoisotopic (exact) mass is 342 g/mol. The quantitative estimate of drug-likeness (QED) is 0.491. The second-order valence-electron chi connectivity index (χ2n) is 8.39. The van der Waals surface area contributed by atoms with Crippen LogP contribution < -0.4 is 0 Å². The lowest BCUT2D eigenvalue weighted by Crippen LogP contribution is -2.09. The van der Waals surface area contributed by atoms with Gasteiger partial charge >= 0.3 is 0 Å². The summed E-state index contributed by atoms with van der Waals surface area (Å²) in [7, 11) is 0. The Hall–Kier alpha value is -2.54. The molecule has 0 bridgehead atoms. The molecule has 4 rings (SSSR count). The lowest BCUT2D eigenvalue weighted by atomic mass is 9.90. The summed E-state index contributed by atoms with van der Waals surface area (Å²) in [5.74, 6) is 2.04. The van der Waals surface area contributed by atoms with Crippen LogP contribution >= 0.6 is 0 Å². The molecular formula is C25H26O. The highest BCUT2D eigenvalue weighted by Gasteiger charge is 2.24. The maximum absolute atomic E-state index is 6.20. The smallest absolute Gasteiger partial charge is 0.130 e. The third-order valence-electron chi connectivity index (χ3n) is 5.40. The third kappa shape index (κ3) is 2.82. The van der Waals surface area contributed by atoms with E-state index in [1.165, 1.54) is 39.0 Å². The standard InChI is InChI=1S/C25H26O/c1-16-13-19-14-20(22-11-12-23(26-22)25(3,4)5)15-21(19)24(17(16)2)18-9-7-6-8-10-18/h6-13,15H,14H2,1-5H3. The Morgan fingerprint density at radius 2 is 1.65 bits per heavy atom. The molecule has 0 N–H and O–H groups in total. The average molecular weight is 342 g/mol. The van der Waals surface area contributed by atoms with Crippen LogP contribution in [0.1, 0.15) is 54.5 Å². The molecule has 0 unspecified atom stereocenters. The van der Waals surface area contributed by atoms with E-state index >= 15 is 0 Å². The molecule has 1 nitrogen and oxygen atoms in total. The minimum Gasteiger partial charge on any atom is -0.461 e. The molecule has 1 aromatic heterocycles. The highest BCUT2D eigenvalue weighted by atomic mass is 16.3. The molecule has 0 saturated heterocycles. The number of furan rings is 1. The van der Waals surface area contributed by atoms with Crippen LogP contribution in [0, 0.1) is 13.8 Å². The Morgan fingerprint density at radius 1 is 0.923 bits per heavy atom. The molecule has 1 heterocycles. The van der Waals surface area contributed by atoms with Crippen molar-refractivity contribution in [3.05, 3.63) is 82.3 Å². The average Bonchev–Trinajstić information content (AvgIpc) is 3.23. The SMILES string of the molecule is Cc1cc2c(c(-c3ccccc3)c1C)C=C(c1ccc(C(C)(C)C)o1)C2. The lowest BCUT2D eigenvalue weighted by molar-refractivity contribution is 0.403. The zero-order valence-electron chi connectivity index (χ0n) is 16.3. The largest absolute Gasteiger partial charge is 0.461 e. The van der Waals surface area contributed by atoms with E-state index < -0.39 is 0 Å². The van der Waals surface area contributed by atoms with Gasteiger partial charge in [-0.2, -0.15) is 0 Å². The lowest BCUT2D eigenvalue weighted by Gasteiger charge is -2.14. The number of fused-ring (bicyclic) bond motifs is 1. The zero-order valence-corrected chi connectivity index (χ0v) is 16.3. The normalized spacial score (nSPS) is 13.7. The van der Waals surface area contributed by atoms with Crippen LogP contribution in [-0.4, -0.2) is 0 Å². The first-order valence-electron chi connectivity index (χ1n) is 9.34. The van der Waals surface area contributed by atoms with Crippen molar-refractivity contribution in [2.45, 2.75) is 46.5 Å². The molecule has 26 heavy (non-hydrogen) atoms. The molecule has 0 atom stereocenters. The van der Waals surface area contributed by atoms with E-state index in [1.54, 1.807) is 0 Å². The number of allylic oxidation sites excluding steroid dienone is 1. The summed E-state index contributed by atoms with van der Waals surface area (Å²) in [5.41, 5.74) is 9.42. The number of rotatable bonds is 2. The predicted octanol–water partition coefficient (Wildman–Crippen LogP) is 6.96. The molecule has 2 aromatic carbocycles. The second kappa shape index (κ2) is 6.02.